The first-order chi connectivity index (χ1) is 9.72. The SMILES string of the molecule is NC(=NCCc1cc(F)cc2c1OCOC2)NC1CC1. The number of nitrogens with one attached hydrogen (secondary N) is 1. The molecule has 20 heavy (non-hydrogen) atoms. The number of hydrogen-bond acceptors (Lipinski definition) is 3. The van der Waals surface area contributed by atoms with Gasteiger partial charge >= 0.3 is 0 Å². The molecule has 0 spiro atoms. The fourth-order valence-electron chi connectivity index (χ4n) is 2.22. The minimum atomic E-state index is -0.277. The van der Waals surface area contributed by atoms with Crippen LogP contribution in [0.15, 0.2) is 17.1 Å². The third-order valence-corrected chi connectivity index (χ3v) is 3.34. The number of halogens is 1. The predicted octanol–water partition coefficient (Wildman–Crippen LogP) is 1.30. The molecular weight excluding hydrogens is 261 g/mol. The molecule has 0 unspecified atom stereocenters. The number of nitrogens with zero attached hydrogens (tertiary/aromatic N) is 1. The molecule has 1 saturated carbocycles. The second-order valence-electron chi connectivity index (χ2n) is 5.10. The average molecular weight is 279 g/mol. The number of aliphatic imine (C=N–C) groups is 1. The molecule has 6 heteroatoms. The lowest BCUT2D eigenvalue weighted by Crippen LogP contribution is -2.33. The van der Waals surface area contributed by atoms with Crippen LogP contribution in [0.25, 0.3) is 0 Å². The minimum absolute atomic E-state index is 0.209. The van der Waals surface area contributed by atoms with Crippen molar-refractivity contribution in [1.29, 1.82) is 0 Å². The zero-order valence-corrected chi connectivity index (χ0v) is 11.2. The van der Waals surface area contributed by atoms with Gasteiger partial charge in [-0.25, -0.2) is 4.39 Å². The van der Waals surface area contributed by atoms with Crippen LogP contribution in [0, 0.1) is 5.82 Å². The summed E-state index contributed by atoms with van der Waals surface area (Å²) in [4.78, 5) is 4.25. The highest BCUT2D eigenvalue weighted by atomic mass is 19.1. The van der Waals surface area contributed by atoms with Crippen LogP contribution in [0.2, 0.25) is 0 Å². The highest BCUT2D eigenvalue weighted by molar-refractivity contribution is 5.78. The number of ether oxygens (including phenoxy) is 2. The van der Waals surface area contributed by atoms with Crippen molar-refractivity contribution >= 4 is 5.96 Å². The zero-order chi connectivity index (χ0) is 13.9. The Morgan fingerprint density at radius 3 is 3.10 bits per heavy atom. The molecule has 0 bridgehead atoms. The summed E-state index contributed by atoms with van der Waals surface area (Å²) in [5.41, 5.74) is 7.32. The molecule has 1 aromatic carbocycles. The third-order valence-electron chi connectivity index (χ3n) is 3.34. The molecule has 0 saturated heterocycles. The Morgan fingerprint density at radius 2 is 2.30 bits per heavy atom. The molecule has 108 valence electrons. The van der Waals surface area contributed by atoms with Gasteiger partial charge in [0.2, 0.25) is 0 Å². The molecule has 0 aromatic heterocycles. The molecule has 1 fully saturated rings. The molecule has 1 aliphatic carbocycles. The second-order valence-corrected chi connectivity index (χ2v) is 5.10. The molecule has 0 atom stereocenters. The molecule has 5 nitrogen and oxygen atoms in total. The number of benzene rings is 1. The highest BCUT2D eigenvalue weighted by Gasteiger charge is 2.21. The van der Waals surface area contributed by atoms with E-state index in [-0.39, 0.29) is 12.6 Å². The summed E-state index contributed by atoms with van der Waals surface area (Å²) in [7, 11) is 0. The number of nitrogens with two attached hydrogens (primary N) is 1. The van der Waals surface area contributed by atoms with E-state index in [4.69, 9.17) is 15.2 Å². The smallest absolute Gasteiger partial charge is 0.189 e. The van der Waals surface area contributed by atoms with Gasteiger partial charge in [0.25, 0.3) is 0 Å². The van der Waals surface area contributed by atoms with Crippen molar-refractivity contribution in [3.8, 4) is 5.75 Å². The van der Waals surface area contributed by atoms with Gasteiger partial charge in [-0.05, 0) is 37.0 Å². The quantitative estimate of drug-likeness (QED) is 0.644. The van der Waals surface area contributed by atoms with E-state index in [2.05, 4.69) is 10.3 Å². The molecule has 3 N–H and O–H groups in total. The molecule has 1 aliphatic heterocycles. The topological polar surface area (TPSA) is 68.9 Å². The van der Waals surface area contributed by atoms with Crippen molar-refractivity contribution in [3.05, 3.63) is 29.1 Å². The maximum absolute atomic E-state index is 13.5. The van der Waals surface area contributed by atoms with Crippen molar-refractivity contribution in [2.75, 3.05) is 13.3 Å². The third kappa shape index (κ3) is 3.19. The van der Waals surface area contributed by atoms with Gasteiger partial charge < -0.3 is 20.5 Å². The molecule has 0 amide bonds. The van der Waals surface area contributed by atoms with Crippen LogP contribution in [-0.2, 0) is 17.8 Å². The van der Waals surface area contributed by atoms with Crippen LogP contribution in [0.3, 0.4) is 0 Å². The molecular formula is C14H18FN3O2. The van der Waals surface area contributed by atoms with Crippen molar-refractivity contribution < 1.29 is 13.9 Å². The van der Waals surface area contributed by atoms with E-state index in [0.717, 1.165) is 29.7 Å². The Labute approximate surface area is 117 Å². The number of hydrogen-bond donors (Lipinski definition) is 2. The van der Waals surface area contributed by atoms with Gasteiger partial charge in [-0.2, -0.15) is 0 Å². The van der Waals surface area contributed by atoms with Crippen LogP contribution < -0.4 is 15.8 Å². The lowest BCUT2D eigenvalue weighted by atomic mass is 10.1. The lowest BCUT2D eigenvalue weighted by Gasteiger charge is -2.20. The van der Waals surface area contributed by atoms with Crippen molar-refractivity contribution in [1.82, 2.24) is 5.32 Å². The summed E-state index contributed by atoms with van der Waals surface area (Å²) in [6.45, 7) is 1.10. The summed E-state index contributed by atoms with van der Waals surface area (Å²) in [5, 5.41) is 3.12. The predicted molar refractivity (Wildman–Crippen MR) is 73.0 cm³/mol. The van der Waals surface area contributed by atoms with E-state index in [9.17, 15) is 4.39 Å². The van der Waals surface area contributed by atoms with Gasteiger partial charge in [0.1, 0.15) is 11.6 Å². The number of fused-ring (bicyclic) bond motifs is 1. The Balaban J connectivity index is 1.65. The van der Waals surface area contributed by atoms with E-state index in [1.807, 2.05) is 0 Å². The van der Waals surface area contributed by atoms with Crippen LogP contribution in [0.5, 0.6) is 5.75 Å². The van der Waals surface area contributed by atoms with Gasteiger partial charge in [-0.1, -0.05) is 0 Å². The maximum atomic E-state index is 13.5. The van der Waals surface area contributed by atoms with E-state index in [1.165, 1.54) is 12.1 Å². The van der Waals surface area contributed by atoms with E-state index in [1.54, 1.807) is 0 Å². The largest absolute Gasteiger partial charge is 0.467 e. The minimum Gasteiger partial charge on any atom is -0.467 e. The summed E-state index contributed by atoms with van der Waals surface area (Å²) in [6.07, 6.45) is 2.90. The molecule has 2 aliphatic rings. The normalized spacial score (nSPS) is 18.4. The summed E-state index contributed by atoms with van der Waals surface area (Å²) in [6, 6.07) is 3.43. The summed E-state index contributed by atoms with van der Waals surface area (Å²) in [5.74, 6) is 0.907. The number of guanidine groups is 1. The van der Waals surface area contributed by atoms with Gasteiger partial charge in [0.15, 0.2) is 12.8 Å². The maximum Gasteiger partial charge on any atom is 0.189 e. The Kier molecular flexibility index (Phi) is 3.73. The highest BCUT2D eigenvalue weighted by Crippen LogP contribution is 2.29. The van der Waals surface area contributed by atoms with Gasteiger partial charge in [0, 0.05) is 18.2 Å². The van der Waals surface area contributed by atoms with E-state index < -0.39 is 0 Å². The van der Waals surface area contributed by atoms with Gasteiger partial charge in [-0.15, -0.1) is 0 Å². The first-order valence-corrected chi connectivity index (χ1v) is 6.80. The van der Waals surface area contributed by atoms with E-state index >= 15 is 0 Å². The Bertz CT molecular complexity index is 529. The molecule has 1 heterocycles. The number of rotatable bonds is 4. The molecule has 0 radical (unpaired) electrons. The fourth-order valence-corrected chi connectivity index (χ4v) is 2.22. The van der Waals surface area contributed by atoms with Crippen molar-refractivity contribution in [3.63, 3.8) is 0 Å². The van der Waals surface area contributed by atoms with Crippen LogP contribution in [0.1, 0.15) is 24.0 Å². The first-order valence-electron chi connectivity index (χ1n) is 6.80. The monoisotopic (exact) mass is 279 g/mol. The van der Waals surface area contributed by atoms with Gasteiger partial charge in [-0.3, -0.25) is 4.99 Å². The average Bonchev–Trinajstić information content (AvgIpc) is 3.22. The van der Waals surface area contributed by atoms with Crippen molar-refractivity contribution in [2.24, 2.45) is 10.7 Å². The first kappa shape index (κ1) is 13.2. The van der Waals surface area contributed by atoms with Crippen LogP contribution >= 0.6 is 0 Å². The summed E-state index contributed by atoms with van der Waals surface area (Å²) < 4.78 is 24.1. The Hall–Kier alpha value is -1.82. The van der Waals surface area contributed by atoms with E-state index in [0.29, 0.717) is 31.6 Å². The molecule has 3 rings (SSSR count). The lowest BCUT2D eigenvalue weighted by molar-refractivity contribution is -0.0172. The van der Waals surface area contributed by atoms with Crippen LogP contribution in [0.4, 0.5) is 4.39 Å². The van der Waals surface area contributed by atoms with Crippen LogP contribution in [-0.4, -0.2) is 25.3 Å². The molecule has 1 aromatic rings. The standard InChI is InChI=1S/C14H18FN3O2/c15-11-5-9(13-10(6-11)7-19-8-20-13)3-4-17-14(16)18-12-1-2-12/h5-6,12H,1-4,7-8H2,(H3,16,17,18). The summed E-state index contributed by atoms with van der Waals surface area (Å²) >= 11 is 0. The van der Waals surface area contributed by atoms with Crippen molar-refractivity contribution in [2.45, 2.75) is 31.9 Å². The zero-order valence-electron chi connectivity index (χ0n) is 11.2. The Morgan fingerprint density at radius 1 is 1.45 bits per heavy atom. The van der Waals surface area contributed by atoms with Gasteiger partial charge in [0.05, 0.1) is 6.61 Å². The fraction of sp³-hybridized carbons (Fsp3) is 0.500. The second kappa shape index (κ2) is 5.66.